The molecule has 0 amide bonds. The van der Waals surface area contributed by atoms with Crippen LogP contribution in [-0.4, -0.2) is 38.2 Å². The number of cyclic esters (lactones) is 1. The first-order valence-electron chi connectivity index (χ1n) is 12.6. The minimum Gasteiger partial charge on any atom is -0.458 e. The number of rotatable bonds is 10. The standard InChI is InChI=1S/C28H30N3O6P/c1-4-7-13-30(14-8-5-2)38(34,35)37-28(6-3)22-16-24-25-20(15-19-11-9-10-12-23(19)29-25)17-31(24)26(32)21(22)18-36-27(28)33/h4-5,9-12,15-16H,1-2,6-8,13-14,17-18H2,3H3,(H,34,35)/t28-/m0/s1. The van der Waals surface area contributed by atoms with Gasteiger partial charge in [0, 0.05) is 29.6 Å². The molecule has 0 aliphatic carbocycles. The summed E-state index contributed by atoms with van der Waals surface area (Å²) in [6, 6.07) is 11.4. The Labute approximate surface area is 220 Å². The number of fused-ring (bicyclic) bond motifs is 5. The van der Waals surface area contributed by atoms with E-state index in [0.717, 1.165) is 16.5 Å². The highest BCUT2D eigenvalue weighted by atomic mass is 31.2. The average molecular weight is 536 g/mol. The molecular formula is C28H30N3O6P. The van der Waals surface area contributed by atoms with Gasteiger partial charge in [-0.3, -0.25) is 9.32 Å². The molecule has 2 aliphatic heterocycles. The van der Waals surface area contributed by atoms with Crippen molar-refractivity contribution in [2.45, 2.75) is 44.9 Å². The van der Waals surface area contributed by atoms with Crippen LogP contribution in [0.25, 0.3) is 22.3 Å². The maximum absolute atomic E-state index is 13.7. The van der Waals surface area contributed by atoms with Crippen LogP contribution < -0.4 is 5.56 Å². The van der Waals surface area contributed by atoms with E-state index in [1.54, 1.807) is 29.7 Å². The molecule has 10 heteroatoms. The number of carbonyl (C=O) groups is 1. The van der Waals surface area contributed by atoms with Crippen LogP contribution in [0.2, 0.25) is 0 Å². The summed E-state index contributed by atoms with van der Waals surface area (Å²) in [5.41, 5.74) is 1.04. The van der Waals surface area contributed by atoms with Crippen LogP contribution in [0.15, 0.2) is 66.5 Å². The Morgan fingerprint density at radius 3 is 2.61 bits per heavy atom. The lowest BCUT2D eigenvalue weighted by atomic mass is 9.86. The monoisotopic (exact) mass is 535 g/mol. The van der Waals surface area contributed by atoms with Gasteiger partial charge < -0.3 is 14.2 Å². The van der Waals surface area contributed by atoms with E-state index in [2.05, 4.69) is 13.2 Å². The first kappa shape index (κ1) is 26.3. The van der Waals surface area contributed by atoms with Crippen LogP contribution in [-0.2, 0) is 37.4 Å². The average Bonchev–Trinajstić information content (AvgIpc) is 3.26. The van der Waals surface area contributed by atoms with Crippen molar-refractivity contribution in [3.63, 3.8) is 0 Å². The van der Waals surface area contributed by atoms with Crippen LogP contribution in [0.1, 0.15) is 42.9 Å². The fraction of sp³-hybridized carbons (Fsp3) is 0.321. The Bertz CT molecular complexity index is 1550. The number of hydrogen-bond acceptors (Lipinski definition) is 6. The highest BCUT2D eigenvalue weighted by Gasteiger charge is 2.53. The number of esters is 1. The molecule has 38 heavy (non-hydrogen) atoms. The lowest BCUT2D eigenvalue weighted by Gasteiger charge is -2.39. The predicted octanol–water partition coefficient (Wildman–Crippen LogP) is 4.66. The molecule has 1 aromatic carbocycles. The van der Waals surface area contributed by atoms with E-state index in [0.29, 0.717) is 30.8 Å². The van der Waals surface area contributed by atoms with Gasteiger partial charge in [0.15, 0.2) is 0 Å². The van der Waals surface area contributed by atoms with Gasteiger partial charge in [-0.15, -0.1) is 13.2 Å². The third-order valence-corrected chi connectivity index (χ3v) is 8.86. The van der Waals surface area contributed by atoms with Gasteiger partial charge in [-0.05, 0) is 37.5 Å². The lowest BCUT2D eigenvalue weighted by molar-refractivity contribution is -0.170. The summed E-state index contributed by atoms with van der Waals surface area (Å²) in [4.78, 5) is 42.9. The minimum atomic E-state index is -4.53. The number of carbonyl (C=O) groups excluding carboxylic acids is 1. The van der Waals surface area contributed by atoms with Gasteiger partial charge in [-0.2, -0.15) is 0 Å². The third-order valence-electron chi connectivity index (χ3n) is 7.20. The maximum Gasteiger partial charge on any atom is 0.407 e. The first-order valence-corrected chi connectivity index (χ1v) is 14.1. The summed E-state index contributed by atoms with van der Waals surface area (Å²) in [5, 5.41) is 0.960. The lowest BCUT2D eigenvalue weighted by Crippen LogP contribution is -2.46. The molecule has 3 aromatic rings. The summed E-state index contributed by atoms with van der Waals surface area (Å²) in [7, 11) is -4.53. The number of hydrogen-bond donors (Lipinski definition) is 1. The van der Waals surface area contributed by atoms with Gasteiger partial charge in [0.05, 0.1) is 29.0 Å². The highest BCUT2D eigenvalue weighted by Crippen LogP contribution is 2.55. The fourth-order valence-electron chi connectivity index (χ4n) is 5.17. The fourth-order valence-corrected chi connectivity index (χ4v) is 6.73. The van der Waals surface area contributed by atoms with Gasteiger partial charge in [-0.25, -0.2) is 19.0 Å². The van der Waals surface area contributed by atoms with E-state index in [1.807, 2.05) is 30.3 Å². The molecule has 2 atom stereocenters. The molecule has 0 radical (unpaired) electrons. The van der Waals surface area contributed by atoms with Crippen molar-refractivity contribution in [3.05, 3.63) is 88.8 Å². The molecule has 0 fully saturated rings. The summed E-state index contributed by atoms with van der Waals surface area (Å²) in [6.45, 7) is 9.53. The Morgan fingerprint density at radius 1 is 1.21 bits per heavy atom. The largest absolute Gasteiger partial charge is 0.458 e. The van der Waals surface area contributed by atoms with Crippen molar-refractivity contribution >= 4 is 24.6 Å². The van der Waals surface area contributed by atoms with E-state index in [9.17, 15) is 19.0 Å². The van der Waals surface area contributed by atoms with E-state index in [-0.39, 0.29) is 42.8 Å². The second kappa shape index (κ2) is 10.1. The van der Waals surface area contributed by atoms with Crippen LogP contribution >= 0.6 is 7.75 Å². The quantitative estimate of drug-likeness (QED) is 0.177. The number of ether oxygens (including phenoxy) is 1. The predicted molar refractivity (Wildman–Crippen MR) is 144 cm³/mol. The molecular weight excluding hydrogens is 505 g/mol. The van der Waals surface area contributed by atoms with Crippen molar-refractivity contribution in [2.24, 2.45) is 0 Å². The number of benzene rings is 1. The van der Waals surface area contributed by atoms with E-state index < -0.39 is 19.3 Å². The van der Waals surface area contributed by atoms with Crippen molar-refractivity contribution in [1.82, 2.24) is 14.2 Å². The highest BCUT2D eigenvalue weighted by molar-refractivity contribution is 7.50. The molecule has 198 valence electrons. The Kier molecular flexibility index (Phi) is 6.96. The van der Waals surface area contributed by atoms with E-state index in [4.69, 9.17) is 14.2 Å². The van der Waals surface area contributed by atoms with Crippen molar-refractivity contribution in [3.8, 4) is 11.4 Å². The molecule has 4 heterocycles. The first-order chi connectivity index (χ1) is 18.3. The molecule has 5 rings (SSSR count). The zero-order valence-electron chi connectivity index (χ0n) is 21.3. The molecule has 0 saturated heterocycles. The summed E-state index contributed by atoms with van der Waals surface area (Å²) in [6.07, 6.45) is 4.14. The van der Waals surface area contributed by atoms with Crippen molar-refractivity contribution in [2.75, 3.05) is 13.1 Å². The SMILES string of the molecule is C=CCCN(CCC=C)P(=O)(O)O[C@]1(CC)C(=O)OCc2c1cc1n(c2=O)Cc2cc3ccccc3nc2-1. The normalized spacial score (nSPS) is 19.4. The molecule has 9 nitrogen and oxygen atoms in total. The maximum atomic E-state index is 13.7. The van der Waals surface area contributed by atoms with Crippen LogP contribution in [0, 0.1) is 0 Å². The number of para-hydroxylation sites is 1. The Morgan fingerprint density at radius 2 is 1.92 bits per heavy atom. The smallest absolute Gasteiger partial charge is 0.407 e. The van der Waals surface area contributed by atoms with Gasteiger partial charge in [-0.1, -0.05) is 37.3 Å². The second-order valence-corrected chi connectivity index (χ2v) is 11.2. The zero-order chi connectivity index (χ0) is 27.1. The number of pyridine rings is 2. The molecule has 2 aromatic heterocycles. The molecule has 2 aliphatic rings. The molecule has 0 bridgehead atoms. The van der Waals surface area contributed by atoms with Crippen LogP contribution in [0.3, 0.4) is 0 Å². The summed E-state index contributed by atoms with van der Waals surface area (Å²) < 4.78 is 27.9. The van der Waals surface area contributed by atoms with Gasteiger partial charge in [0.2, 0.25) is 5.60 Å². The van der Waals surface area contributed by atoms with Gasteiger partial charge >= 0.3 is 13.7 Å². The zero-order valence-corrected chi connectivity index (χ0v) is 22.2. The second-order valence-electron chi connectivity index (χ2n) is 9.45. The van der Waals surface area contributed by atoms with Crippen LogP contribution in [0.4, 0.5) is 0 Å². The van der Waals surface area contributed by atoms with E-state index in [1.165, 1.54) is 4.67 Å². The molecule has 0 saturated carbocycles. The van der Waals surface area contributed by atoms with E-state index >= 15 is 0 Å². The topological polar surface area (TPSA) is 111 Å². The Hall–Kier alpha value is -3.36. The minimum absolute atomic E-state index is 0.0129. The van der Waals surface area contributed by atoms with Gasteiger partial charge in [0.25, 0.3) is 5.56 Å². The Balaban J connectivity index is 1.64. The third kappa shape index (κ3) is 4.25. The van der Waals surface area contributed by atoms with Crippen molar-refractivity contribution < 1.29 is 23.5 Å². The van der Waals surface area contributed by atoms with Crippen LogP contribution in [0.5, 0.6) is 0 Å². The van der Waals surface area contributed by atoms with Crippen molar-refractivity contribution in [1.29, 1.82) is 0 Å². The number of aromatic nitrogens is 2. The molecule has 1 unspecified atom stereocenters. The summed E-state index contributed by atoms with van der Waals surface area (Å²) >= 11 is 0. The molecule has 1 N–H and O–H groups in total. The summed E-state index contributed by atoms with van der Waals surface area (Å²) in [5.74, 6) is -0.803. The van der Waals surface area contributed by atoms with Gasteiger partial charge in [0.1, 0.15) is 6.61 Å². The number of nitrogens with zero attached hydrogens (tertiary/aromatic N) is 3. The molecule has 0 spiro atoms.